The Morgan fingerprint density at radius 3 is 2.67 bits per heavy atom. The third-order valence-corrected chi connectivity index (χ3v) is 5.72. The lowest BCUT2D eigenvalue weighted by molar-refractivity contribution is -0.136. The lowest BCUT2D eigenvalue weighted by Gasteiger charge is -2.35. The van der Waals surface area contributed by atoms with Crippen LogP contribution in [0.3, 0.4) is 0 Å². The Bertz CT molecular complexity index is 829. The van der Waals surface area contributed by atoms with Gasteiger partial charge in [-0.25, -0.2) is 4.68 Å². The van der Waals surface area contributed by atoms with E-state index in [0.29, 0.717) is 24.5 Å². The molecule has 0 aromatic carbocycles. The highest BCUT2D eigenvalue weighted by molar-refractivity contribution is 6.30. The number of carbonyl (C=O) groups excluding carboxylic acids is 1. The number of β-amino-alcohol motifs (C(OH)–C–C–N with tert-alkyl or cyclic N) is 1. The Labute approximate surface area is 163 Å². The molecule has 144 valence electrons. The van der Waals surface area contributed by atoms with E-state index in [1.807, 2.05) is 17.2 Å². The van der Waals surface area contributed by atoms with Crippen LogP contribution in [0.25, 0.3) is 5.69 Å². The van der Waals surface area contributed by atoms with Crippen molar-refractivity contribution in [1.82, 2.24) is 19.7 Å². The fraction of sp³-hybridized carbons (Fsp3) is 0.526. The van der Waals surface area contributed by atoms with Gasteiger partial charge in [0.1, 0.15) is 0 Å². The second-order valence-corrected chi connectivity index (χ2v) is 8.17. The molecule has 2 saturated heterocycles. The Hall–Kier alpha value is -2.12. The number of likely N-dealkylation sites (tertiary alicyclic amines) is 1. The highest BCUT2D eigenvalue weighted by Crippen LogP contribution is 2.30. The van der Waals surface area contributed by atoms with Crippen molar-refractivity contribution in [1.29, 1.82) is 0 Å². The van der Waals surface area contributed by atoms with E-state index < -0.39 is 5.60 Å². The van der Waals surface area contributed by atoms with Crippen LogP contribution < -0.4 is 4.90 Å². The predicted molar refractivity (Wildman–Crippen MR) is 103 cm³/mol. The van der Waals surface area contributed by atoms with Crippen LogP contribution in [0.15, 0.2) is 30.9 Å². The van der Waals surface area contributed by atoms with Gasteiger partial charge in [0, 0.05) is 44.5 Å². The molecule has 0 bridgehead atoms. The predicted octanol–water partition coefficient (Wildman–Crippen LogP) is 2.12. The minimum absolute atomic E-state index is 0.0226. The van der Waals surface area contributed by atoms with Gasteiger partial charge >= 0.3 is 0 Å². The van der Waals surface area contributed by atoms with E-state index in [4.69, 9.17) is 11.6 Å². The molecule has 1 N–H and O–H groups in total. The summed E-state index contributed by atoms with van der Waals surface area (Å²) in [5, 5.41) is 15.0. The molecule has 2 aromatic heterocycles. The highest BCUT2D eigenvalue weighted by Gasteiger charge is 2.37. The monoisotopic (exact) mass is 389 g/mol. The van der Waals surface area contributed by atoms with Gasteiger partial charge in [0.05, 0.1) is 34.4 Å². The molecule has 1 amide bonds. The van der Waals surface area contributed by atoms with Crippen molar-refractivity contribution in [2.24, 2.45) is 5.92 Å². The minimum Gasteiger partial charge on any atom is -0.388 e. The molecule has 2 aliphatic rings. The lowest BCUT2D eigenvalue weighted by Crippen LogP contribution is -2.43. The molecule has 0 aliphatic carbocycles. The van der Waals surface area contributed by atoms with E-state index in [1.165, 1.54) is 0 Å². The minimum atomic E-state index is -0.744. The van der Waals surface area contributed by atoms with Crippen LogP contribution in [0.5, 0.6) is 0 Å². The number of aromatic nitrogens is 3. The van der Waals surface area contributed by atoms with Gasteiger partial charge in [-0.05, 0) is 32.3 Å². The first-order valence-corrected chi connectivity index (χ1v) is 9.71. The van der Waals surface area contributed by atoms with Crippen molar-refractivity contribution >= 4 is 23.2 Å². The van der Waals surface area contributed by atoms with Gasteiger partial charge in [-0.3, -0.25) is 9.78 Å². The third-order valence-electron chi connectivity index (χ3n) is 5.52. The molecule has 7 nitrogen and oxygen atoms in total. The molecule has 2 aromatic rings. The summed E-state index contributed by atoms with van der Waals surface area (Å²) in [6.07, 6.45) is 9.21. The van der Waals surface area contributed by atoms with E-state index in [-0.39, 0.29) is 11.8 Å². The maximum atomic E-state index is 12.8. The van der Waals surface area contributed by atoms with Crippen molar-refractivity contribution < 1.29 is 9.90 Å². The largest absolute Gasteiger partial charge is 0.388 e. The average Bonchev–Trinajstić information content (AvgIpc) is 3.26. The first-order chi connectivity index (χ1) is 12.9. The Balaban J connectivity index is 1.44. The molecule has 0 spiro atoms. The van der Waals surface area contributed by atoms with E-state index >= 15 is 0 Å². The van der Waals surface area contributed by atoms with Crippen molar-refractivity contribution in [2.75, 3.05) is 31.1 Å². The summed E-state index contributed by atoms with van der Waals surface area (Å²) in [5.74, 6) is 0.201. The number of pyridine rings is 1. The normalized spacial score (nSPS) is 23.8. The van der Waals surface area contributed by atoms with Crippen molar-refractivity contribution in [3.8, 4) is 5.69 Å². The van der Waals surface area contributed by atoms with Gasteiger partial charge in [0.25, 0.3) is 0 Å². The molecule has 0 radical (unpaired) electrons. The summed E-state index contributed by atoms with van der Waals surface area (Å²) >= 11 is 6.01. The Morgan fingerprint density at radius 2 is 2.04 bits per heavy atom. The zero-order chi connectivity index (χ0) is 19.0. The fourth-order valence-corrected chi connectivity index (χ4v) is 4.14. The number of piperidine rings is 1. The van der Waals surface area contributed by atoms with Crippen LogP contribution in [0.1, 0.15) is 26.2 Å². The molecule has 27 heavy (non-hydrogen) atoms. The first-order valence-electron chi connectivity index (χ1n) is 9.34. The SMILES string of the molecule is CC1(O)CCN(C(=O)C2CCN(c3cnccc3-n3cc(Cl)cn3)CC2)C1. The summed E-state index contributed by atoms with van der Waals surface area (Å²) in [6.45, 7) is 4.47. The van der Waals surface area contributed by atoms with Crippen molar-refractivity contribution in [2.45, 2.75) is 31.8 Å². The van der Waals surface area contributed by atoms with E-state index in [9.17, 15) is 9.90 Å². The molecular formula is C19H24ClN5O2. The molecule has 0 saturated carbocycles. The average molecular weight is 390 g/mol. The first kappa shape index (κ1) is 18.3. The van der Waals surface area contributed by atoms with Crippen LogP contribution in [0.2, 0.25) is 5.02 Å². The van der Waals surface area contributed by atoms with Crippen molar-refractivity contribution in [3.05, 3.63) is 35.9 Å². The number of hydrogen-bond acceptors (Lipinski definition) is 5. The number of hydrogen-bond donors (Lipinski definition) is 1. The molecule has 8 heteroatoms. The lowest BCUT2D eigenvalue weighted by atomic mass is 9.95. The van der Waals surface area contributed by atoms with Crippen LogP contribution in [-0.4, -0.2) is 62.5 Å². The summed E-state index contributed by atoms with van der Waals surface area (Å²) in [6, 6.07) is 1.92. The topological polar surface area (TPSA) is 74.5 Å². The standard InChI is InChI=1S/C19H24ClN5O2/c1-19(27)5-9-24(13-19)18(26)14-3-7-23(8-4-14)17-11-21-6-2-16(17)25-12-15(20)10-22-25/h2,6,10-12,14,27H,3-5,7-9,13H2,1H3. The Morgan fingerprint density at radius 1 is 1.26 bits per heavy atom. The maximum absolute atomic E-state index is 12.8. The van der Waals surface area contributed by atoms with E-state index in [1.54, 1.807) is 30.2 Å². The van der Waals surface area contributed by atoms with Crippen molar-refractivity contribution in [3.63, 3.8) is 0 Å². The second kappa shape index (κ2) is 7.13. The van der Waals surface area contributed by atoms with Crippen LogP contribution in [0.4, 0.5) is 5.69 Å². The molecule has 4 heterocycles. The van der Waals surface area contributed by atoms with Gasteiger partial charge in [-0.1, -0.05) is 11.6 Å². The second-order valence-electron chi connectivity index (χ2n) is 7.74. The molecular weight excluding hydrogens is 366 g/mol. The van der Waals surface area contributed by atoms with Crippen LogP contribution in [0, 0.1) is 5.92 Å². The summed E-state index contributed by atoms with van der Waals surface area (Å²) in [5.41, 5.74) is 1.18. The van der Waals surface area contributed by atoms with Gasteiger partial charge in [-0.15, -0.1) is 0 Å². The van der Waals surface area contributed by atoms with E-state index in [2.05, 4.69) is 15.0 Å². The van der Waals surface area contributed by atoms with Gasteiger partial charge < -0.3 is 14.9 Å². The molecule has 1 unspecified atom stereocenters. The summed E-state index contributed by atoms with van der Waals surface area (Å²) in [4.78, 5) is 21.1. The summed E-state index contributed by atoms with van der Waals surface area (Å²) in [7, 11) is 0. The maximum Gasteiger partial charge on any atom is 0.225 e. The van der Waals surface area contributed by atoms with E-state index in [0.717, 1.165) is 37.3 Å². The number of aliphatic hydroxyl groups is 1. The quantitative estimate of drug-likeness (QED) is 0.870. The zero-order valence-electron chi connectivity index (χ0n) is 15.4. The number of amides is 1. The third kappa shape index (κ3) is 3.80. The molecule has 1 atom stereocenters. The molecule has 2 fully saturated rings. The number of anilines is 1. The number of carbonyl (C=O) groups is 1. The smallest absolute Gasteiger partial charge is 0.225 e. The fourth-order valence-electron chi connectivity index (χ4n) is 4.01. The highest BCUT2D eigenvalue weighted by atomic mass is 35.5. The number of rotatable bonds is 3. The van der Waals surface area contributed by atoms with Crippen LogP contribution >= 0.6 is 11.6 Å². The Kier molecular flexibility index (Phi) is 4.82. The zero-order valence-corrected chi connectivity index (χ0v) is 16.1. The molecule has 4 rings (SSSR count). The summed E-state index contributed by atoms with van der Waals surface area (Å²) < 4.78 is 1.75. The van der Waals surface area contributed by atoms with Crippen LogP contribution in [-0.2, 0) is 4.79 Å². The number of nitrogens with zero attached hydrogens (tertiary/aromatic N) is 5. The van der Waals surface area contributed by atoms with Gasteiger partial charge in [0.2, 0.25) is 5.91 Å². The van der Waals surface area contributed by atoms with Gasteiger partial charge in [0.15, 0.2) is 0 Å². The van der Waals surface area contributed by atoms with Gasteiger partial charge in [-0.2, -0.15) is 5.10 Å². The number of halogens is 1. The molecule has 2 aliphatic heterocycles.